The Morgan fingerprint density at radius 1 is 1.18 bits per heavy atom. The minimum atomic E-state index is -0.859. The van der Waals surface area contributed by atoms with Gasteiger partial charge in [0.15, 0.2) is 24.6 Å². The lowest BCUT2D eigenvalue weighted by molar-refractivity contribution is -0.179. The summed E-state index contributed by atoms with van der Waals surface area (Å²) in [5.41, 5.74) is 0. The second-order valence-electron chi connectivity index (χ2n) is 3.48. The average Bonchev–Trinajstić information content (AvgIpc) is 2.55. The van der Waals surface area contributed by atoms with Gasteiger partial charge in [0.1, 0.15) is 0 Å². The molecule has 4 atom stereocenters. The quantitative estimate of drug-likeness (QED) is 0.506. The lowest BCUT2D eigenvalue weighted by atomic mass is 10.1. The molecule has 17 heavy (non-hydrogen) atoms. The average molecular weight is 242 g/mol. The molecular formula is C11H14O6. The second kappa shape index (κ2) is 5.66. The largest absolute Gasteiger partial charge is 0.454 e. The van der Waals surface area contributed by atoms with Crippen LogP contribution in [0.5, 0.6) is 0 Å². The summed E-state index contributed by atoms with van der Waals surface area (Å²) in [5, 5.41) is 0. The molecule has 1 saturated heterocycles. The fraction of sp³-hybridized carbons (Fsp3) is 0.636. The van der Waals surface area contributed by atoms with Crippen LogP contribution in [0.4, 0.5) is 0 Å². The summed E-state index contributed by atoms with van der Waals surface area (Å²) in [4.78, 5) is 21.9. The molecule has 0 aliphatic carbocycles. The van der Waals surface area contributed by atoms with Crippen molar-refractivity contribution in [2.24, 2.45) is 0 Å². The highest BCUT2D eigenvalue weighted by Gasteiger charge is 2.48. The number of ether oxygens (including phenoxy) is 4. The smallest absolute Gasteiger partial charge is 0.303 e. The van der Waals surface area contributed by atoms with Crippen molar-refractivity contribution < 1.29 is 28.5 Å². The lowest BCUT2D eigenvalue weighted by Gasteiger charge is -2.21. The van der Waals surface area contributed by atoms with Crippen LogP contribution >= 0.6 is 0 Å². The van der Waals surface area contributed by atoms with Crippen LogP contribution in [0.1, 0.15) is 13.8 Å². The van der Waals surface area contributed by atoms with E-state index in [1.165, 1.54) is 21.0 Å². The molecule has 0 aromatic rings. The van der Waals surface area contributed by atoms with E-state index in [1.54, 1.807) is 0 Å². The van der Waals surface area contributed by atoms with Gasteiger partial charge in [-0.3, -0.25) is 9.59 Å². The summed E-state index contributed by atoms with van der Waals surface area (Å²) in [6, 6.07) is 0. The zero-order valence-electron chi connectivity index (χ0n) is 9.84. The fourth-order valence-corrected chi connectivity index (χ4v) is 1.59. The zero-order valence-corrected chi connectivity index (χ0v) is 9.84. The molecule has 1 aliphatic rings. The van der Waals surface area contributed by atoms with E-state index in [2.05, 4.69) is 5.92 Å². The second-order valence-corrected chi connectivity index (χ2v) is 3.48. The van der Waals surface area contributed by atoms with Gasteiger partial charge in [0, 0.05) is 21.0 Å². The topological polar surface area (TPSA) is 71.1 Å². The molecule has 0 radical (unpaired) electrons. The van der Waals surface area contributed by atoms with Crippen LogP contribution in [0.25, 0.3) is 0 Å². The Bertz CT molecular complexity index is 344. The van der Waals surface area contributed by atoms with Gasteiger partial charge in [-0.1, -0.05) is 5.92 Å². The third kappa shape index (κ3) is 3.19. The molecule has 0 aromatic heterocycles. The van der Waals surface area contributed by atoms with Gasteiger partial charge in [-0.25, -0.2) is 0 Å². The van der Waals surface area contributed by atoms with Crippen LogP contribution < -0.4 is 0 Å². The molecule has 0 amide bonds. The van der Waals surface area contributed by atoms with Gasteiger partial charge in [-0.15, -0.1) is 6.42 Å². The van der Waals surface area contributed by atoms with Crippen molar-refractivity contribution in [2.45, 2.75) is 38.4 Å². The molecule has 6 heteroatoms. The van der Waals surface area contributed by atoms with Crippen molar-refractivity contribution in [3.63, 3.8) is 0 Å². The third-order valence-corrected chi connectivity index (χ3v) is 2.17. The number of terminal acetylenes is 1. The molecule has 0 saturated carbocycles. The standard InChI is InChI=1S/C11H14O6/c1-5-8-9(15-6(2)12)10(16-7(3)13)11(14-4)17-8/h1,8-11H,2-4H3/t8-,9-,10-,11-/m1/s1. The molecule has 94 valence electrons. The number of carbonyl (C=O) groups excluding carboxylic acids is 2. The van der Waals surface area contributed by atoms with E-state index in [0.29, 0.717) is 0 Å². The summed E-state index contributed by atoms with van der Waals surface area (Å²) in [6.45, 7) is 2.47. The molecular weight excluding hydrogens is 228 g/mol. The van der Waals surface area contributed by atoms with Gasteiger partial charge in [0.25, 0.3) is 0 Å². The Hall–Kier alpha value is -1.58. The van der Waals surface area contributed by atoms with Crippen molar-refractivity contribution >= 4 is 11.9 Å². The predicted octanol–water partition coefficient (Wildman–Crippen LogP) is -0.146. The zero-order chi connectivity index (χ0) is 13.0. The van der Waals surface area contributed by atoms with Gasteiger partial charge in [-0.2, -0.15) is 0 Å². The number of hydrogen-bond acceptors (Lipinski definition) is 6. The molecule has 6 nitrogen and oxygen atoms in total. The Morgan fingerprint density at radius 3 is 2.12 bits per heavy atom. The summed E-state index contributed by atoms with van der Waals surface area (Å²) < 4.78 is 20.3. The lowest BCUT2D eigenvalue weighted by Crippen LogP contribution is -2.39. The SMILES string of the molecule is C#C[C@H]1O[C@@H](OC)[C@H](OC(C)=O)[C@@H]1OC(C)=O. The third-order valence-electron chi connectivity index (χ3n) is 2.17. The minimum Gasteiger partial charge on any atom is -0.454 e. The van der Waals surface area contributed by atoms with Crippen molar-refractivity contribution in [1.29, 1.82) is 0 Å². The van der Waals surface area contributed by atoms with Gasteiger partial charge < -0.3 is 18.9 Å². The maximum Gasteiger partial charge on any atom is 0.303 e. The van der Waals surface area contributed by atoms with E-state index in [1.807, 2.05) is 0 Å². The first-order chi connectivity index (χ1) is 7.99. The van der Waals surface area contributed by atoms with Gasteiger partial charge in [0.2, 0.25) is 0 Å². The van der Waals surface area contributed by atoms with Crippen molar-refractivity contribution in [3.05, 3.63) is 0 Å². The minimum absolute atomic E-state index is 0.532. The number of methoxy groups -OCH3 is 1. The van der Waals surface area contributed by atoms with Gasteiger partial charge in [-0.05, 0) is 0 Å². The Kier molecular flexibility index (Phi) is 4.49. The van der Waals surface area contributed by atoms with Crippen LogP contribution in [0.3, 0.4) is 0 Å². The van der Waals surface area contributed by atoms with E-state index in [4.69, 9.17) is 25.4 Å². The number of carbonyl (C=O) groups is 2. The molecule has 1 fully saturated rings. The molecule has 0 aromatic carbocycles. The van der Waals surface area contributed by atoms with E-state index in [9.17, 15) is 9.59 Å². The van der Waals surface area contributed by atoms with Crippen LogP contribution in [-0.4, -0.2) is 43.7 Å². The highest BCUT2D eigenvalue weighted by atomic mass is 16.7. The number of esters is 2. The summed E-state index contributed by atoms with van der Waals surface area (Å²) in [7, 11) is 1.38. The van der Waals surface area contributed by atoms with Crippen molar-refractivity contribution in [3.8, 4) is 12.3 Å². The fourth-order valence-electron chi connectivity index (χ4n) is 1.59. The molecule has 0 N–H and O–H groups in total. The monoisotopic (exact) mass is 242 g/mol. The highest BCUT2D eigenvalue weighted by Crippen LogP contribution is 2.27. The number of hydrogen-bond donors (Lipinski definition) is 0. The Balaban J connectivity index is 2.87. The maximum atomic E-state index is 11.0. The first-order valence-corrected chi connectivity index (χ1v) is 4.98. The first kappa shape index (κ1) is 13.5. The highest BCUT2D eigenvalue weighted by molar-refractivity contribution is 5.67. The summed E-state index contributed by atoms with van der Waals surface area (Å²) in [6.07, 6.45) is 1.89. The molecule has 1 heterocycles. The number of rotatable bonds is 3. The summed E-state index contributed by atoms with van der Waals surface area (Å²) >= 11 is 0. The maximum absolute atomic E-state index is 11.0. The molecule has 0 spiro atoms. The molecule has 1 aliphatic heterocycles. The molecule has 0 unspecified atom stereocenters. The molecule has 0 bridgehead atoms. The van der Waals surface area contributed by atoms with Gasteiger partial charge in [0.05, 0.1) is 0 Å². The van der Waals surface area contributed by atoms with E-state index in [0.717, 1.165) is 0 Å². The van der Waals surface area contributed by atoms with Crippen LogP contribution in [0.15, 0.2) is 0 Å². The molecule has 1 rings (SSSR count). The Morgan fingerprint density at radius 2 is 1.71 bits per heavy atom. The van der Waals surface area contributed by atoms with E-state index < -0.39 is 36.5 Å². The van der Waals surface area contributed by atoms with Crippen LogP contribution in [0.2, 0.25) is 0 Å². The van der Waals surface area contributed by atoms with Gasteiger partial charge >= 0.3 is 11.9 Å². The predicted molar refractivity (Wildman–Crippen MR) is 55.6 cm³/mol. The van der Waals surface area contributed by atoms with Crippen LogP contribution in [-0.2, 0) is 28.5 Å². The first-order valence-electron chi connectivity index (χ1n) is 4.98. The van der Waals surface area contributed by atoms with Crippen LogP contribution in [0, 0.1) is 12.3 Å². The normalized spacial score (nSPS) is 31.6. The van der Waals surface area contributed by atoms with Crippen molar-refractivity contribution in [1.82, 2.24) is 0 Å². The van der Waals surface area contributed by atoms with E-state index >= 15 is 0 Å². The summed E-state index contributed by atoms with van der Waals surface area (Å²) in [5.74, 6) is 1.25. The Labute approximate surface area is 99.2 Å². The van der Waals surface area contributed by atoms with Crippen molar-refractivity contribution in [2.75, 3.05) is 7.11 Å². The van der Waals surface area contributed by atoms with E-state index in [-0.39, 0.29) is 0 Å².